The maximum absolute atomic E-state index is 11.7. The van der Waals surface area contributed by atoms with Crippen molar-refractivity contribution in [3.8, 4) is 0 Å². The van der Waals surface area contributed by atoms with Gasteiger partial charge in [-0.1, -0.05) is 12.1 Å². The van der Waals surface area contributed by atoms with E-state index in [2.05, 4.69) is 4.72 Å². The molecule has 0 aliphatic carbocycles. The number of carbonyl (C=O) groups excluding carboxylic acids is 1. The molecule has 1 amide bonds. The molecule has 0 unspecified atom stereocenters. The van der Waals surface area contributed by atoms with Crippen LogP contribution in [-0.2, 0) is 21.4 Å². The first-order valence-electron chi connectivity index (χ1n) is 5.02. The van der Waals surface area contributed by atoms with Crippen molar-refractivity contribution in [3.05, 3.63) is 29.8 Å². The Morgan fingerprint density at radius 2 is 1.82 bits per heavy atom. The third-order valence-electron chi connectivity index (χ3n) is 2.13. The first-order chi connectivity index (χ1) is 7.95. The number of hydrogen-bond acceptors (Lipinski definition) is 4. The van der Waals surface area contributed by atoms with Gasteiger partial charge in [0.2, 0.25) is 15.9 Å². The van der Waals surface area contributed by atoms with E-state index >= 15 is 0 Å². The van der Waals surface area contributed by atoms with Gasteiger partial charge in [0.05, 0.1) is 4.90 Å². The Bertz CT molecular complexity index is 482. The monoisotopic (exact) mass is 257 g/mol. The Morgan fingerprint density at radius 3 is 2.29 bits per heavy atom. The first kappa shape index (κ1) is 13.6. The molecule has 5 N–H and O–H groups in total. The van der Waals surface area contributed by atoms with Crippen molar-refractivity contribution in [1.29, 1.82) is 0 Å². The molecule has 6 nitrogen and oxygen atoms in total. The normalized spacial score (nSPS) is 11.4. The quantitative estimate of drug-likeness (QED) is 0.625. The molecule has 1 aromatic rings. The highest BCUT2D eigenvalue weighted by Crippen LogP contribution is 2.09. The Morgan fingerprint density at radius 1 is 1.24 bits per heavy atom. The number of nitrogens with one attached hydrogen (secondary N) is 1. The molecule has 0 saturated heterocycles. The van der Waals surface area contributed by atoms with Gasteiger partial charge in [-0.15, -0.1) is 0 Å². The van der Waals surface area contributed by atoms with Crippen molar-refractivity contribution >= 4 is 15.9 Å². The highest BCUT2D eigenvalue weighted by Gasteiger charge is 2.13. The van der Waals surface area contributed by atoms with Crippen molar-refractivity contribution in [2.45, 2.75) is 17.9 Å². The summed E-state index contributed by atoms with van der Waals surface area (Å²) in [7, 11) is -3.58. The molecule has 17 heavy (non-hydrogen) atoms. The smallest absolute Gasteiger partial charge is 0.240 e. The zero-order valence-corrected chi connectivity index (χ0v) is 10.0. The number of nitrogens with two attached hydrogens (primary N) is 2. The van der Waals surface area contributed by atoms with Gasteiger partial charge < -0.3 is 11.5 Å². The Balaban J connectivity index is 2.72. The van der Waals surface area contributed by atoms with Crippen molar-refractivity contribution < 1.29 is 13.2 Å². The summed E-state index contributed by atoms with van der Waals surface area (Å²) in [5, 5.41) is 0. The number of benzene rings is 1. The molecule has 1 rings (SSSR count). The summed E-state index contributed by atoms with van der Waals surface area (Å²) in [5.41, 5.74) is 11.2. The lowest BCUT2D eigenvalue weighted by Gasteiger charge is -2.06. The van der Waals surface area contributed by atoms with Gasteiger partial charge in [0.1, 0.15) is 0 Å². The van der Waals surface area contributed by atoms with Gasteiger partial charge in [-0.3, -0.25) is 4.79 Å². The second-order valence-electron chi connectivity index (χ2n) is 3.46. The highest BCUT2D eigenvalue weighted by atomic mass is 32.2. The molecular formula is C10H15N3O3S. The van der Waals surface area contributed by atoms with E-state index in [1.54, 1.807) is 12.1 Å². The fourth-order valence-corrected chi connectivity index (χ4v) is 2.23. The number of amides is 1. The van der Waals surface area contributed by atoms with E-state index in [-0.39, 0.29) is 17.9 Å². The van der Waals surface area contributed by atoms with Gasteiger partial charge >= 0.3 is 0 Å². The van der Waals surface area contributed by atoms with Crippen LogP contribution in [0.5, 0.6) is 0 Å². The van der Waals surface area contributed by atoms with Crippen LogP contribution in [-0.4, -0.2) is 20.9 Å². The SMILES string of the molecule is NCc1ccc(S(=O)(=O)NCCC(N)=O)cc1. The van der Waals surface area contributed by atoms with E-state index < -0.39 is 15.9 Å². The number of hydrogen-bond donors (Lipinski definition) is 3. The number of primary amides is 1. The lowest BCUT2D eigenvalue weighted by atomic mass is 10.2. The molecule has 1 aromatic carbocycles. The average molecular weight is 257 g/mol. The van der Waals surface area contributed by atoms with Crippen molar-refractivity contribution in [2.75, 3.05) is 6.54 Å². The van der Waals surface area contributed by atoms with Crippen molar-refractivity contribution in [3.63, 3.8) is 0 Å². The Kier molecular flexibility index (Phi) is 4.62. The van der Waals surface area contributed by atoms with E-state index in [1.807, 2.05) is 0 Å². The number of rotatable bonds is 6. The molecule has 7 heteroatoms. The molecule has 0 atom stereocenters. The third-order valence-corrected chi connectivity index (χ3v) is 3.61. The van der Waals surface area contributed by atoms with Crippen LogP contribution in [0, 0.1) is 0 Å². The van der Waals surface area contributed by atoms with Gasteiger partial charge in [-0.25, -0.2) is 13.1 Å². The summed E-state index contributed by atoms with van der Waals surface area (Å²) >= 11 is 0. The van der Waals surface area contributed by atoms with Crippen LogP contribution in [0.4, 0.5) is 0 Å². The Labute approximate surface area is 100 Å². The second kappa shape index (κ2) is 5.76. The lowest BCUT2D eigenvalue weighted by Crippen LogP contribution is -2.28. The fraction of sp³-hybridized carbons (Fsp3) is 0.300. The largest absolute Gasteiger partial charge is 0.370 e. The van der Waals surface area contributed by atoms with Crippen LogP contribution in [0.15, 0.2) is 29.2 Å². The van der Waals surface area contributed by atoms with E-state index in [1.165, 1.54) is 12.1 Å². The van der Waals surface area contributed by atoms with Crippen LogP contribution < -0.4 is 16.2 Å². The van der Waals surface area contributed by atoms with Gasteiger partial charge in [-0.2, -0.15) is 0 Å². The molecule has 0 saturated carbocycles. The van der Waals surface area contributed by atoms with Crippen LogP contribution in [0.25, 0.3) is 0 Å². The summed E-state index contributed by atoms with van der Waals surface area (Å²) in [6, 6.07) is 6.22. The lowest BCUT2D eigenvalue weighted by molar-refractivity contribution is -0.117. The predicted octanol–water partition coefficient (Wildman–Crippen LogP) is -0.701. The highest BCUT2D eigenvalue weighted by molar-refractivity contribution is 7.89. The molecule has 0 radical (unpaired) electrons. The maximum atomic E-state index is 11.7. The van der Waals surface area contributed by atoms with Crippen LogP contribution in [0.2, 0.25) is 0 Å². The minimum atomic E-state index is -3.58. The summed E-state index contributed by atoms with van der Waals surface area (Å²) in [6.45, 7) is 0.353. The molecule has 0 heterocycles. The summed E-state index contributed by atoms with van der Waals surface area (Å²) in [5.74, 6) is -0.550. The number of carbonyl (C=O) groups is 1. The van der Waals surface area contributed by atoms with Crippen LogP contribution in [0.3, 0.4) is 0 Å². The van der Waals surface area contributed by atoms with Gasteiger partial charge in [0.25, 0.3) is 0 Å². The summed E-state index contributed by atoms with van der Waals surface area (Å²) in [6.07, 6.45) is -0.0277. The van der Waals surface area contributed by atoms with Crippen molar-refractivity contribution in [1.82, 2.24) is 4.72 Å². The third kappa shape index (κ3) is 4.14. The minimum Gasteiger partial charge on any atom is -0.370 e. The van der Waals surface area contributed by atoms with E-state index in [4.69, 9.17) is 11.5 Å². The van der Waals surface area contributed by atoms with Crippen molar-refractivity contribution in [2.24, 2.45) is 11.5 Å². The van der Waals surface area contributed by atoms with Gasteiger partial charge in [-0.05, 0) is 17.7 Å². The molecule has 0 aromatic heterocycles. The Hall–Kier alpha value is -1.44. The minimum absolute atomic E-state index is 0.00366. The summed E-state index contributed by atoms with van der Waals surface area (Å²) < 4.78 is 25.7. The zero-order valence-electron chi connectivity index (χ0n) is 9.22. The number of sulfonamides is 1. The molecule has 0 aliphatic heterocycles. The van der Waals surface area contributed by atoms with Gasteiger partial charge in [0, 0.05) is 19.5 Å². The van der Waals surface area contributed by atoms with Crippen LogP contribution >= 0.6 is 0 Å². The molecule has 0 spiro atoms. The first-order valence-corrected chi connectivity index (χ1v) is 6.51. The van der Waals surface area contributed by atoms with Crippen LogP contribution in [0.1, 0.15) is 12.0 Å². The van der Waals surface area contributed by atoms with Gasteiger partial charge in [0.15, 0.2) is 0 Å². The maximum Gasteiger partial charge on any atom is 0.240 e. The topological polar surface area (TPSA) is 115 Å². The van der Waals surface area contributed by atoms with E-state index in [9.17, 15) is 13.2 Å². The molecule has 94 valence electrons. The molecular weight excluding hydrogens is 242 g/mol. The standard InChI is InChI=1S/C10H15N3O3S/c11-7-8-1-3-9(4-2-8)17(15,16)13-6-5-10(12)14/h1-4,13H,5-7,11H2,(H2,12,14). The summed E-state index contributed by atoms with van der Waals surface area (Å²) in [4.78, 5) is 10.6. The van der Waals surface area contributed by atoms with E-state index in [0.717, 1.165) is 5.56 Å². The molecule has 0 bridgehead atoms. The van der Waals surface area contributed by atoms with E-state index in [0.29, 0.717) is 6.54 Å². The fourth-order valence-electron chi connectivity index (χ4n) is 1.20. The predicted molar refractivity (Wildman–Crippen MR) is 63.3 cm³/mol. The average Bonchev–Trinajstić information content (AvgIpc) is 2.28. The molecule has 0 fully saturated rings. The molecule has 0 aliphatic rings. The second-order valence-corrected chi connectivity index (χ2v) is 5.23. The zero-order chi connectivity index (χ0) is 12.9.